The molecule has 40 heavy (non-hydrogen) atoms. The van der Waals surface area contributed by atoms with Gasteiger partial charge in [-0.05, 0) is 43.1 Å². The number of amides is 3. The van der Waals surface area contributed by atoms with Gasteiger partial charge in [0.05, 0.1) is 28.9 Å². The second-order valence-electron chi connectivity index (χ2n) is 9.47. The van der Waals surface area contributed by atoms with Gasteiger partial charge >= 0.3 is 35.6 Å². The Morgan fingerprint density at radius 1 is 1.05 bits per heavy atom. The Hall–Kier alpha value is -2.84. The molecule has 2 unspecified atom stereocenters. The van der Waals surface area contributed by atoms with E-state index in [-0.39, 0.29) is 35.5 Å². The zero-order valence-electron chi connectivity index (χ0n) is 23.3. The number of aliphatic carboxylic acids is 3. The predicted octanol–water partition coefficient (Wildman–Crippen LogP) is -5.95. The maximum atomic E-state index is 11.9. The number of hydrogen-bond acceptors (Lipinski definition) is 11. The van der Waals surface area contributed by atoms with Crippen LogP contribution in [0.15, 0.2) is 35.3 Å². The van der Waals surface area contributed by atoms with Crippen molar-refractivity contribution in [2.24, 2.45) is 22.1 Å². The summed E-state index contributed by atoms with van der Waals surface area (Å²) in [5.74, 6) is -6.70. The van der Waals surface area contributed by atoms with Crippen molar-refractivity contribution >= 4 is 35.7 Å². The van der Waals surface area contributed by atoms with E-state index in [9.17, 15) is 24.6 Å². The number of rotatable bonds is 7. The van der Waals surface area contributed by atoms with E-state index in [0.29, 0.717) is 32.4 Å². The molecule has 1 aromatic carbocycles. The monoisotopic (exact) mass is 569 g/mol. The van der Waals surface area contributed by atoms with Gasteiger partial charge in [-0.25, -0.2) is 9.79 Å². The molecule has 2 aliphatic heterocycles. The molecule has 216 valence electrons. The summed E-state index contributed by atoms with van der Waals surface area (Å²) in [5, 5.41) is 42.7. The van der Waals surface area contributed by atoms with Crippen LogP contribution >= 0.6 is 0 Å². The number of carboxylic acid groups (broad SMARTS) is 3. The largest absolute Gasteiger partial charge is 1.00 e. The Balaban J connectivity index is 0.000000623. The molecule has 3 amide bonds. The minimum Gasteiger partial charge on any atom is -0.861 e. The zero-order valence-corrected chi connectivity index (χ0v) is 25.3. The van der Waals surface area contributed by atoms with Gasteiger partial charge in [-0.15, -0.1) is 0 Å². The topological polar surface area (TPSA) is 231 Å². The van der Waals surface area contributed by atoms with E-state index in [1.165, 1.54) is 5.56 Å². The third kappa shape index (κ3) is 10.3. The molecule has 0 aliphatic carbocycles. The van der Waals surface area contributed by atoms with E-state index < -0.39 is 46.7 Å². The van der Waals surface area contributed by atoms with Gasteiger partial charge in [-0.3, -0.25) is 15.0 Å². The summed E-state index contributed by atoms with van der Waals surface area (Å²) in [6.07, 6.45) is 2.94. The number of hydrogen-bond donors (Lipinski definition) is 2. The summed E-state index contributed by atoms with van der Waals surface area (Å²) in [6, 6.07) is 9.30. The van der Waals surface area contributed by atoms with E-state index in [4.69, 9.17) is 25.5 Å². The summed E-state index contributed by atoms with van der Waals surface area (Å²) in [5.41, 5.74) is 4.73. The number of aliphatic imine (C=N–C) groups is 1. The van der Waals surface area contributed by atoms with Gasteiger partial charge in [-0.1, -0.05) is 57.5 Å². The number of nitrogens with two attached hydrogens (primary N) is 1. The first-order valence-electron chi connectivity index (χ1n) is 12.5. The minimum absolute atomic E-state index is 0. The average Bonchev–Trinajstić information content (AvgIpc) is 2.87. The van der Waals surface area contributed by atoms with Gasteiger partial charge in [0, 0.05) is 19.6 Å². The van der Waals surface area contributed by atoms with Crippen molar-refractivity contribution in [1.29, 1.82) is 0 Å². The number of urea groups is 1. The van der Waals surface area contributed by atoms with Gasteiger partial charge in [-0.2, -0.15) is 0 Å². The van der Waals surface area contributed by atoms with Gasteiger partial charge in [0.2, 0.25) is 5.91 Å². The summed E-state index contributed by atoms with van der Waals surface area (Å²) >= 11 is 0. The van der Waals surface area contributed by atoms with Crippen LogP contribution in [0.25, 0.3) is 0 Å². The molecule has 0 aromatic heterocycles. The first-order valence-corrected chi connectivity index (χ1v) is 12.5. The first kappa shape index (κ1) is 37.2. The third-order valence-corrected chi connectivity index (χ3v) is 6.90. The van der Waals surface area contributed by atoms with Crippen LogP contribution in [0.2, 0.25) is 0 Å². The molecule has 13 nitrogen and oxygen atoms in total. The fraction of sp³-hybridized carbons (Fsp3) is 0.538. The van der Waals surface area contributed by atoms with E-state index in [1.54, 1.807) is 6.92 Å². The van der Waals surface area contributed by atoms with Gasteiger partial charge in [0.1, 0.15) is 0 Å². The van der Waals surface area contributed by atoms with E-state index >= 15 is 0 Å². The number of imide groups is 1. The van der Waals surface area contributed by atoms with Gasteiger partial charge in [0.25, 0.3) is 0 Å². The molecule has 3 rings (SSSR count). The van der Waals surface area contributed by atoms with Gasteiger partial charge in [0.15, 0.2) is 0 Å². The molecule has 1 fully saturated rings. The Morgan fingerprint density at radius 3 is 1.98 bits per heavy atom. The van der Waals surface area contributed by atoms with Crippen molar-refractivity contribution in [3.63, 3.8) is 0 Å². The fourth-order valence-corrected chi connectivity index (χ4v) is 4.46. The van der Waals surface area contributed by atoms with E-state index in [1.807, 2.05) is 32.0 Å². The molecule has 3 N–H and O–H groups in total. The molecule has 1 aromatic rings. The molecule has 0 saturated carbocycles. The van der Waals surface area contributed by atoms with Crippen molar-refractivity contribution in [2.75, 3.05) is 13.1 Å². The van der Waals surface area contributed by atoms with Crippen LogP contribution < -0.4 is 61.0 Å². The van der Waals surface area contributed by atoms with Gasteiger partial charge < -0.3 is 40.5 Å². The number of likely N-dealkylation sites (tertiary alicyclic amines) is 1. The number of benzene rings is 1. The van der Waals surface area contributed by atoms with Crippen molar-refractivity contribution in [3.8, 4) is 0 Å². The molecule has 2 heterocycles. The molecule has 2 atom stereocenters. The fourth-order valence-electron chi connectivity index (χ4n) is 4.46. The molecule has 0 bridgehead atoms. The molecular formula is C26H34N4NaO9-3. The molecule has 14 heteroatoms. The SMILES string of the molecule is CCCC(C)C1(CC)C(=O)NC(=O)N=C1[O-].NC1(C(=O)[O-])CCN(Cc2ccccc2)CC1.O=C([O-])C(=O)[O-].[Na+]. The van der Waals surface area contributed by atoms with Crippen LogP contribution in [-0.4, -0.2) is 59.3 Å². The summed E-state index contributed by atoms with van der Waals surface area (Å²) < 4.78 is 0. The number of carbonyl (C=O) groups is 5. The minimum atomic E-state index is -2.19. The van der Waals surface area contributed by atoms with E-state index in [2.05, 4.69) is 27.3 Å². The van der Waals surface area contributed by atoms with Crippen LogP contribution in [0.1, 0.15) is 58.4 Å². The standard InChI is InChI=1S/C13H18N2O2.C11H18N2O3.C2H2O4.Na/c14-13(12(16)17)6-8-15(9-7-13)10-11-4-2-1-3-5-11;1-4-6-7(3)11(5-2)8(14)12-10(16)13-9(11)15;3-1(4)2(5)6;/h1-5H,6-10,14H2,(H,16,17);7H,4-6H2,1-3H3,(H2,12,13,14,15,16);(H,3,4)(H,5,6);/q;;;+1/p-4. The van der Waals surface area contributed by atoms with Crippen molar-refractivity contribution in [1.82, 2.24) is 10.2 Å². The summed E-state index contributed by atoms with van der Waals surface area (Å²) in [4.78, 5) is 57.1. The third-order valence-electron chi connectivity index (χ3n) is 6.90. The van der Waals surface area contributed by atoms with Crippen LogP contribution in [0.3, 0.4) is 0 Å². The van der Waals surface area contributed by atoms with Crippen molar-refractivity contribution < 1.29 is 74.0 Å². The summed E-state index contributed by atoms with van der Waals surface area (Å²) in [7, 11) is 0. The van der Waals surface area contributed by atoms with Crippen molar-refractivity contribution in [2.45, 2.75) is 65.0 Å². The van der Waals surface area contributed by atoms with E-state index in [0.717, 1.165) is 19.4 Å². The van der Waals surface area contributed by atoms with Crippen molar-refractivity contribution in [3.05, 3.63) is 35.9 Å². The molecule has 1 saturated heterocycles. The maximum Gasteiger partial charge on any atom is 1.00 e. The first-order chi connectivity index (χ1) is 18.2. The maximum absolute atomic E-state index is 11.9. The molecule has 0 spiro atoms. The quantitative estimate of drug-likeness (QED) is 0.232. The Morgan fingerprint density at radius 2 is 1.57 bits per heavy atom. The normalized spacial score (nSPS) is 20.6. The number of piperidine rings is 1. The second-order valence-corrected chi connectivity index (χ2v) is 9.47. The molecule has 2 aliphatic rings. The predicted molar refractivity (Wildman–Crippen MR) is 131 cm³/mol. The van der Waals surface area contributed by atoms with Crippen LogP contribution in [0.4, 0.5) is 4.79 Å². The zero-order chi connectivity index (χ0) is 29.8. The Bertz CT molecular complexity index is 1050. The smallest absolute Gasteiger partial charge is 0.861 e. The van der Waals surface area contributed by atoms with Crippen LogP contribution in [0.5, 0.6) is 0 Å². The number of nitrogens with zero attached hydrogens (tertiary/aromatic N) is 2. The molecule has 0 radical (unpaired) electrons. The summed E-state index contributed by atoms with van der Waals surface area (Å²) in [6.45, 7) is 7.89. The molecular weight excluding hydrogens is 535 g/mol. The number of nitrogens with one attached hydrogen (secondary N) is 1. The van der Waals surface area contributed by atoms with Crippen LogP contribution in [-0.2, 0) is 25.7 Å². The average molecular weight is 570 g/mol. The Kier molecular flexibility index (Phi) is 15.9. The second kappa shape index (κ2) is 17.1. The van der Waals surface area contributed by atoms with Crippen LogP contribution in [0, 0.1) is 11.3 Å². The Labute approximate surface area is 255 Å². The number of carboxylic acids is 3. The number of carbonyl (C=O) groups excluding carboxylic acids is 5.